The Labute approximate surface area is 116 Å². The monoisotopic (exact) mass is 262 g/mol. The van der Waals surface area contributed by atoms with Gasteiger partial charge in [-0.2, -0.15) is 5.10 Å². The molecular weight excluding hydrogens is 236 g/mol. The summed E-state index contributed by atoms with van der Waals surface area (Å²) in [6, 6.07) is 0.518. The van der Waals surface area contributed by atoms with Crippen LogP contribution in [0.5, 0.6) is 0 Å². The molecule has 0 radical (unpaired) electrons. The van der Waals surface area contributed by atoms with Crippen LogP contribution in [0.4, 0.5) is 5.95 Å². The molecule has 4 nitrogen and oxygen atoms in total. The summed E-state index contributed by atoms with van der Waals surface area (Å²) in [6.07, 6.45) is 8.25. The van der Waals surface area contributed by atoms with E-state index < -0.39 is 0 Å². The number of hydrogen-bond donors (Lipinski definition) is 1. The molecule has 19 heavy (non-hydrogen) atoms. The van der Waals surface area contributed by atoms with E-state index in [1.165, 1.54) is 32.1 Å². The average molecular weight is 262 g/mol. The number of aryl methyl sites for hydroxylation is 2. The van der Waals surface area contributed by atoms with Crippen molar-refractivity contribution in [2.24, 2.45) is 5.92 Å². The van der Waals surface area contributed by atoms with E-state index in [1.807, 2.05) is 0 Å². The highest BCUT2D eigenvalue weighted by molar-refractivity contribution is 5.27. The molecule has 1 saturated carbocycles. The van der Waals surface area contributed by atoms with Gasteiger partial charge in [0.25, 0.3) is 0 Å². The number of hydrogen-bond acceptors (Lipinski definition) is 4. The van der Waals surface area contributed by atoms with E-state index in [1.54, 1.807) is 0 Å². The normalized spacial score (nSPS) is 23.9. The van der Waals surface area contributed by atoms with Crippen molar-refractivity contribution < 1.29 is 0 Å². The third-order valence-corrected chi connectivity index (χ3v) is 4.10. The van der Waals surface area contributed by atoms with Crippen molar-refractivity contribution in [1.82, 2.24) is 15.2 Å². The Balaban J connectivity index is 2.02. The van der Waals surface area contributed by atoms with Gasteiger partial charge in [-0.05, 0) is 38.0 Å². The summed E-state index contributed by atoms with van der Waals surface area (Å²) in [6.45, 7) is 6.58. The minimum atomic E-state index is 0.518. The summed E-state index contributed by atoms with van der Waals surface area (Å²) < 4.78 is 0. The van der Waals surface area contributed by atoms with Gasteiger partial charge < -0.3 is 5.32 Å². The fourth-order valence-electron chi connectivity index (χ4n) is 2.81. The van der Waals surface area contributed by atoms with Gasteiger partial charge in [-0.25, -0.2) is 4.98 Å². The van der Waals surface area contributed by atoms with Crippen LogP contribution in [0.25, 0.3) is 0 Å². The predicted octanol–water partition coefficient (Wildman–Crippen LogP) is 3.38. The zero-order valence-corrected chi connectivity index (χ0v) is 12.4. The number of aromatic nitrogens is 3. The molecule has 0 aliphatic heterocycles. The zero-order valence-electron chi connectivity index (χ0n) is 12.4. The van der Waals surface area contributed by atoms with Crippen molar-refractivity contribution in [3.8, 4) is 0 Å². The van der Waals surface area contributed by atoms with Gasteiger partial charge in [0.2, 0.25) is 5.95 Å². The Morgan fingerprint density at radius 3 is 2.53 bits per heavy atom. The van der Waals surface area contributed by atoms with Crippen molar-refractivity contribution >= 4 is 5.95 Å². The molecule has 0 amide bonds. The smallest absolute Gasteiger partial charge is 0.243 e. The maximum atomic E-state index is 4.62. The highest BCUT2D eigenvalue weighted by Gasteiger charge is 2.17. The Bertz CT molecular complexity index is 405. The Kier molecular flexibility index (Phi) is 5.11. The third kappa shape index (κ3) is 3.88. The summed E-state index contributed by atoms with van der Waals surface area (Å²) in [5.41, 5.74) is 2.12. The first-order valence-corrected chi connectivity index (χ1v) is 7.71. The van der Waals surface area contributed by atoms with Crippen molar-refractivity contribution in [1.29, 1.82) is 0 Å². The molecule has 2 rings (SSSR count). The van der Waals surface area contributed by atoms with Crippen LogP contribution in [-0.2, 0) is 12.8 Å². The topological polar surface area (TPSA) is 50.7 Å². The molecular formula is C15H26N4. The quantitative estimate of drug-likeness (QED) is 0.845. The minimum Gasteiger partial charge on any atom is -0.350 e. The molecule has 4 heteroatoms. The lowest BCUT2D eigenvalue weighted by atomic mass is 10.0. The summed E-state index contributed by atoms with van der Waals surface area (Å²) in [5.74, 6) is 1.58. The van der Waals surface area contributed by atoms with Crippen LogP contribution in [0.1, 0.15) is 64.3 Å². The minimum absolute atomic E-state index is 0.518. The average Bonchev–Trinajstić information content (AvgIpc) is 2.63. The van der Waals surface area contributed by atoms with Crippen LogP contribution in [0.2, 0.25) is 0 Å². The summed E-state index contributed by atoms with van der Waals surface area (Å²) in [7, 11) is 0. The molecule has 0 spiro atoms. The second-order valence-electron chi connectivity index (χ2n) is 5.69. The Morgan fingerprint density at radius 2 is 1.79 bits per heavy atom. The predicted molar refractivity (Wildman–Crippen MR) is 78.2 cm³/mol. The van der Waals surface area contributed by atoms with E-state index in [0.29, 0.717) is 12.0 Å². The van der Waals surface area contributed by atoms with Crippen molar-refractivity contribution in [3.63, 3.8) is 0 Å². The molecule has 1 aromatic rings. The van der Waals surface area contributed by atoms with E-state index in [0.717, 1.165) is 30.1 Å². The second kappa shape index (κ2) is 6.83. The van der Waals surface area contributed by atoms with E-state index >= 15 is 0 Å². The SMILES string of the molecule is CCc1nnc(NC2CCCC(C)CC2)nc1CC. The number of nitrogens with zero attached hydrogens (tertiary/aromatic N) is 3. The Morgan fingerprint density at radius 1 is 1.00 bits per heavy atom. The fourth-order valence-corrected chi connectivity index (χ4v) is 2.81. The van der Waals surface area contributed by atoms with Gasteiger partial charge in [0.15, 0.2) is 0 Å². The number of anilines is 1. The molecule has 106 valence electrons. The van der Waals surface area contributed by atoms with Gasteiger partial charge in [0.05, 0.1) is 11.4 Å². The molecule has 2 unspecified atom stereocenters. The van der Waals surface area contributed by atoms with Gasteiger partial charge in [-0.1, -0.05) is 33.6 Å². The standard InChI is InChI=1S/C15H26N4/c1-4-13-14(5-2)18-19-15(17-13)16-12-8-6-7-11(3)9-10-12/h11-12H,4-10H2,1-3H3,(H,16,17,19). The van der Waals surface area contributed by atoms with Crippen molar-refractivity contribution in [2.45, 2.75) is 71.8 Å². The van der Waals surface area contributed by atoms with Gasteiger partial charge in [0.1, 0.15) is 0 Å². The lowest BCUT2D eigenvalue weighted by Crippen LogP contribution is -2.21. The first-order chi connectivity index (χ1) is 9.22. The summed E-state index contributed by atoms with van der Waals surface area (Å²) in [4.78, 5) is 4.62. The van der Waals surface area contributed by atoms with E-state index in [-0.39, 0.29) is 0 Å². The maximum Gasteiger partial charge on any atom is 0.243 e. The van der Waals surface area contributed by atoms with E-state index in [9.17, 15) is 0 Å². The number of rotatable bonds is 4. The molecule has 1 aliphatic rings. The van der Waals surface area contributed by atoms with Crippen LogP contribution in [0.3, 0.4) is 0 Å². The molecule has 1 N–H and O–H groups in total. The Hall–Kier alpha value is -1.19. The van der Waals surface area contributed by atoms with E-state index in [4.69, 9.17) is 0 Å². The lowest BCUT2D eigenvalue weighted by molar-refractivity contribution is 0.501. The molecule has 1 fully saturated rings. The largest absolute Gasteiger partial charge is 0.350 e. The third-order valence-electron chi connectivity index (χ3n) is 4.10. The first kappa shape index (κ1) is 14.2. The van der Waals surface area contributed by atoms with Crippen LogP contribution in [0.15, 0.2) is 0 Å². The van der Waals surface area contributed by atoms with E-state index in [2.05, 4.69) is 41.3 Å². The fraction of sp³-hybridized carbons (Fsp3) is 0.800. The highest BCUT2D eigenvalue weighted by atomic mass is 15.2. The van der Waals surface area contributed by atoms with Crippen LogP contribution < -0.4 is 5.32 Å². The van der Waals surface area contributed by atoms with Gasteiger partial charge in [-0.15, -0.1) is 5.10 Å². The molecule has 1 aromatic heterocycles. The maximum absolute atomic E-state index is 4.62. The van der Waals surface area contributed by atoms with Gasteiger partial charge >= 0.3 is 0 Å². The molecule has 1 heterocycles. The van der Waals surface area contributed by atoms with Crippen LogP contribution in [-0.4, -0.2) is 21.2 Å². The van der Waals surface area contributed by atoms with Crippen molar-refractivity contribution in [3.05, 3.63) is 11.4 Å². The summed E-state index contributed by atoms with van der Waals surface area (Å²) in [5, 5.41) is 12.0. The van der Waals surface area contributed by atoms with Crippen LogP contribution >= 0.6 is 0 Å². The molecule has 0 saturated heterocycles. The number of nitrogens with one attached hydrogen (secondary N) is 1. The van der Waals surface area contributed by atoms with Gasteiger partial charge in [0, 0.05) is 6.04 Å². The lowest BCUT2D eigenvalue weighted by Gasteiger charge is -2.16. The molecule has 2 atom stereocenters. The molecule has 1 aliphatic carbocycles. The summed E-state index contributed by atoms with van der Waals surface area (Å²) >= 11 is 0. The molecule has 0 aromatic carbocycles. The second-order valence-corrected chi connectivity index (χ2v) is 5.69. The van der Waals surface area contributed by atoms with Crippen LogP contribution in [0, 0.1) is 5.92 Å². The van der Waals surface area contributed by atoms with Gasteiger partial charge in [-0.3, -0.25) is 0 Å². The molecule has 0 bridgehead atoms. The zero-order chi connectivity index (χ0) is 13.7. The van der Waals surface area contributed by atoms with Crippen molar-refractivity contribution in [2.75, 3.05) is 5.32 Å². The highest BCUT2D eigenvalue weighted by Crippen LogP contribution is 2.24. The first-order valence-electron chi connectivity index (χ1n) is 7.71.